The lowest BCUT2D eigenvalue weighted by Gasteiger charge is -2.38. The van der Waals surface area contributed by atoms with E-state index in [1.54, 1.807) is 48.5 Å². The average Bonchev–Trinajstić information content (AvgIpc) is 2.95. The van der Waals surface area contributed by atoms with Gasteiger partial charge in [0, 0.05) is 39.3 Å². The Labute approximate surface area is 234 Å². The maximum Gasteiger partial charge on any atom is 0.415 e. The minimum absolute atomic E-state index is 0.0610. The van der Waals surface area contributed by atoms with E-state index in [2.05, 4.69) is 0 Å². The predicted molar refractivity (Wildman–Crippen MR) is 137 cm³/mol. The molecule has 2 saturated heterocycles. The fraction of sp³-hybridized carbons (Fsp3) is 0.571. The highest BCUT2D eigenvalue weighted by molar-refractivity contribution is 5.31. The Morgan fingerprint density at radius 2 is 1.15 bits per heavy atom. The first-order chi connectivity index (χ1) is 19.5. The number of ether oxygens (including phenoxy) is 5. The molecule has 2 aliphatic rings. The van der Waals surface area contributed by atoms with Crippen molar-refractivity contribution in [1.29, 1.82) is 0 Å². The summed E-state index contributed by atoms with van der Waals surface area (Å²) in [5.41, 5.74) is 1.40. The zero-order valence-corrected chi connectivity index (χ0v) is 22.8. The van der Waals surface area contributed by atoms with Gasteiger partial charge in [-0.15, -0.1) is 0 Å². The molecule has 228 valence electrons. The summed E-state index contributed by atoms with van der Waals surface area (Å²) in [5, 5.41) is 0. The molecule has 0 aliphatic carbocycles. The van der Waals surface area contributed by atoms with E-state index in [1.807, 2.05) is 0 Å². The number of nitrogens with zero attached hydrogens (tertiary/aromatic N) is 2. The van der Waals surface area contributed by atoms with Crippen LogP contribution in [-0.2, 0) is 14.2 Å². The number of halogens is 6. The van der Waals surface area contributed by atoms with Crippen molar-refractivity contribution in [3.05, 3.63) is 59.7 Å². The maximum atomic E-state index is 14.1. The molecule has 2 heterocycles. The van der Waals surface area contributed by atoms with Crippen LogP contribution in [0.5, 0.6) is 11.5 Å². The zero-order chi connectivity index (χ0) is 29.6. The standard InChI is InChI=1S/C28H34F6N2O5/c1-37-21-7-3-5-19(13-21)23-15-35(9-11-39-23)17-25(27(29,30)31)41-26(28(32,33)34)18-36-10-12-40-24(16-36)20-6-4-8-22(14-20)38-2/h3-8,13-14,23-26H,9-12,15-18H2,1-2H3/t23-,24-,25+,26+/m1/s1. The fourth-order valence-corrected chi connectivity index (χ4v) is 4.94. The van der Waals surface area contributed by atoms with Crippen molar-refractivity contribution >= 4 is 0 Å². The van der Waals surface area contributed by atoms with Gasteiger partial charge in [-0.2, -0.15) is 26.3 Å². The van der Waals surface area contributed by atoms with E-state index in [0.29, 0.717) is 22.6 Å². The highest BCUT2D eigenvalue weighted by atomic mass is 19.4. The van der Waals surface area contributed by atoms with Gasteiger partial charge in [0.15, 0.2) is 12.2 Å². The molecular weight excluding hydrogens is 558 g/mol. The summed E-state index contributed by atoms with van der Waals surface area (Å²) in [6.45, 7) is -0.900. The number of methoxy groups -OCH3 is 2. The van der Waals surface area contributed by atoms with Crippen molar-refractivity contribution < 1.29 is 50.0 Å². The summed E-state index contributed by atoms with van der Waals surface area (Å²) < 4.78 is 111. The second kappa shape index (κ2) is 13.6. The van der Waals surface area contributed by atoms with Crippen LogP contribution in [0.1, 0.15) is 23.3 Å². The first-order valence-corrected chi connectivity index (χ1v) is 13.2. The SMILES string of the molecule is COc1cccc([C@H]2CN(C[C@H](O[C@@H](CN3CCO[C@@H](c4cccc(OC)c4)C3)C(F)(F)F)C(F)(F)F)CCO2)c1. The largest absolute Gasteiger partial charge is 0.497 e. The van der Waals surface area contributed by atoms with Crippen LogP contribution in [0.4, 0.5) is 26.3 Å². The molecule has 0 aromatic heterocycles. The average molecular weight is 593 g/mol. The molecule has 0 unspecified atom stereocenters. The molecule has 0 spiro atoms. The van der Waals surface area contributed by atoms with Gasteiger partial charge in [0.05, 0.1) is 39.6 Å². The lowest BCUT2D eigenvalue weighted by Crippen LogP contribution is -2.53. The molecule has 7 nitrogen and oxygen atoms in total. The third-order valence-corrected chi connectivity index (χ3v) is 7.14. The summed E-state index contributed by atoms with van der Waals surface area (Å²) in [7, 11) is 2.98. The molecule has 4 rings (SSSR count). The normalized spacial score (nSPS) is 22.7. The molecule has 2 aromatic carbocycles. The molecule has 41 heavy (non-hydrogen) atoms. The minimum Gasteiger partial charge on any atom is -0.497 e. The van der Waals surface area contributed by atoms with Crippen LogP contribution < -0.4 is 9.47 Å². The van der Waals surface area contributed by atoms with Gasteiger partial charge in [-0.1, -0.05) is 24.3 Å². The Kier molecular flexibility index (Phi) is 10.4. The van der Waals surface area contributed by atoms with E-state index >= 15 is 0 Å². The summed E-state index contributed by atoms with van der Waals surface area (Å²) in [5.74, 6) is 1.12. The van der Waals surface area contributed by atoms with Crippen LogP contribution in [-0.4, -0.2) is 101 Å². The molecule has 0 radical (unpaired) electrons. The summed E-state index contributed by atoms with van der Waals surface area (Å²) in [6, 6.07) is 13.9. The van der Waals surface area contributed by atoms with Gasteiger partial charge in [0.25, 0.3) is 0 Å². The molecule has 4 atom stereocenters. The third kappa shape index (κ3) is 8.71. The molecule has 2 fully saturated rings. The van der Waals surface area contributed by atoms with Crippen molar-refractivity contribution in [3.8, 4) is 11.5 Å². The number of benzene rings is 2. The highest BCUT2D eigenvalue weighted by Gasteiger charge is 2.50. The maximum absolute atomic E-state index is 14.1. The summed E-state index contributed by atoms with van der Waals surface area (Å²) in [6.07, 6.45) is -16.4. The second-order valence-corrected chi connectivity index (χ2v) is 9.99. The van der Waals surface area contributed by atoms with Crippen molar-refractivity contribution in [3.63, 3.8) is 0 Å². The summed E-state index contributed by atoms with van der Waals surface area (Å²) in [4.78, 5) is 2.85. The minimum atomic E-state index is -5.01. The predicted octanol–water partition coefficient (Wildman–Crippen LogP) is 5.03. The van der Waals surface area contributed by atoms with Crippen LogP contribution in [0.2, 0.25) is 0 Å². The molecule has 0 bridgehead atoms. The van der Waals surface area contributed by atoms with Gasteiger partial charge < -0.3 is 23.7 Å². The van der Waals surface area contributed by atoms with Crippen LogP contribution in [0, 0.1) is 0 Å². The van der Waals surface area contributed by atoms with Crippen LogP contribution in [0.25, 0.3) is 0 Å². The first-order valence-electron chi connectivity index (χ1n) is 13.2. The number of hydrogen-bond donors (Lipinski definition) is 0. The smallest absolute Gasteiger partial charge is 0.415 e. The Balaban J connectivity index is 1.43. The molecule has 13 heteroatoms. The second-order valence-electron chi connectivity index (χ2n) is 9.99. The van der Waals surface area contributed by atoms with Gasteiger partial charge >= 0.3 is 12.4 Å². The van der Waals surface area contributed by atoms with Crippen LogP contribution in [0.15, 0.2) is 48.5 Å². The number of hydrogen-bond acceptors (Lipinski definition) is 7. The van der Waals surface area contributed by atoms with Crippen molar-refractivity contribution in [2.75, 3.05) is 66.7 Å². The van der Waals surface area contributed by atoms with Gasteiger partial charge in [-0.3, -0.25) is 9.80 Å². The van der Waals surface area contributed by atoms with Crippen LogP contribution in [0.3, 0.4) is 0 Å². The van der Waals surface area contributed by atoms with Gasteiger partial charge in [0.2, 0.25) is 0 Å². The Morgan fingerprint density at radius 1 is 0.732 bits per heavy atom. The first kappa shape index (κ1) is 31.4. The van der Waals surface area contributed by atoms with Crippen molar-refractivity contribution in [2.24, 2.45) is 0 Å². The van der Waals surface area contributed by atoms with Gasteiger partial charge in [-0.05, 0) is 35.4 Å². The van der Waals surface area contributed by atoms with E-state index in [9.17, 15) is 26.3 Å². The summed E-state index contributed by atoms with van der Waals surface area (Å²) >= 11 is 0. The number of rotatable bonds is 10. The Bertz CT molecular complexity index is 1030. The molecular formula is C28H34F6N2O5. The molecule has 2 aliphatic heterocycles. The van der Waals surface area contributed by atoms with E-state index in [1.165, 1.54) is 24.0 Å². The Morgan fingerprint density at radius 3 is 1.51 bits per heavy atom. The number of alkyl halides is 6. The van der Waals surface area contributed by atoms with E-state index < -0.39 is 49.9 Å². The fourth-order valence-electron chi connectivity index (χ4n) is 4.94. The van der Waals surface area contributed by atoms with Crippen molar-refractivity contribution in [1.82, 2.24) is 9.80 Å². The topological polar surface area (TPSA) is 52.6 Å². The van der Waals surface area contributed by atoms with Gasteiger partial charge in [0.1, 0.15) is 11.5 Å². The van der Waals surface area contributed by atoms with E-state index in [4.69, 9.17) is 23.7 Å². The zero-order valence-electron chi connectivity index (χ0n) is 22.8. The quantitative estimate of drug-likeness (QED) is 0.359. The third-order valence-electron chi connectivity index (χ3n) is 7.14. The van der Waals surface area contributed by atoms with Crippen molar-refractivity contribution in [2.45, 2.75) is 36.8 Å². The molecule has 0 N–H and O–H groups in total. The lowest BCUT2D eigenvalue weighted by molar-refractivity contribution is -0.292. The molecule has 2 aromatic rings. The van der Waals surface area contributed by atoms with Crippen LogP contribution >= 0.6 is 0 Å². The van der Waals surface area contributed by atoms with E-state index in [-0.39, 0.29) is 39.4 Å². The number of morpholine rings is 2. The van der Waals surface area contributed by atoms with Gasteiger partial charge in [-0.25, -0.2) is 0 Å². The molecule has 0 amide bonds. The monoisotopic (exact) mass is 592 g/mol. The highest BCUT2D eigenvalue weighted by Crippen LogP contribution is 2.33. The lowest BCUT2D eigenvalue weighted by atomic mass is 10.1. The molecule has 0 saturated carbocycles. The Hall–Kier alpha value is -2.58. The van der Waals surface area contributed by atoms with E-state index in [0.717, 1.165) is 0 Å².